The molecule has 0 atom stereocenters. The molecule has 1 aromatic carbocycles. The molecule has 2 aromatic rings. The summed E-state index contributed by atoms with van der Waals surface area (Å²) in [5, 5.41) is 4.64. The fourth-order valence-electron chi connectivity index (χ4n) is 3.62. The van der Waals surface area contributed by atoms with E-state index in [1.165, 1.54) is 0 Å². The van der Waals surface area contributed by atoms with Crippen molar-refractivity contribution in [3.05, 3.63) is 30.1 Å². The number of anilines is 1. The van der Waals surface area contributed by atoms with Gasteiger partial charge in [-0.05, 0) is 25.1 Å². The summed E-state index contributed by atoms with van der Waals surface area (Å²) in [6.45, 7) is 10.0. The first-order chi connectivity index (χ1) is 13.4. The number of ether oxygens (including phenoxy) is 2. The van der Waals surface area contributed by atoms with Crippen LogP contribution in [0.15, 0.2) is 24.3 Å². The molecule has 1 N–H and O–H groups in total. The molecule has 146 valence electrons. The zero-order chi connectivity index (χ0) is 18.3. The van der Waals surface area contributed by atoms with Crippen molar-refractivity contribution in [1.82, 2.24) is 19.8 Å². The van der Waals surface area contributed by atoms with Crippen LogP contribution >= 0.6 is 0 Å². The highest BCUT2D eigenvalue weighted by atomic mass is 16.5. The molecule has 3 heterocycles. The van der Waals surface area contributed by atoms with Gasteiger partial charge in [0.2, 0.25) is 0 Å². The maximum Gasteiger partial charge on any atom is 0.145 e. The first-order valence-corrected chi connectivity index (χ1v) is 9.98. The van der Waals surface area contributed by atoms with E-state index >= 15 is 0 Å². The number of para-hydroxylation sites is 1. The largest absolute Gasteiger partial charge is 0.379 e. The van der Waals surface area contributed by atoms with E-state index in [9.17, 15) is 0 Å². The van der Waals surface area contributed by atoms with Crippen LogP contribution in [0.2, 0.25) is 0 Å². The van der Waals surface area contributed by atoms with Gasteiger partial charge < -0.3 is 14.8 Å². The number of fused-ring (bicyclic) bond motifs is 1. The van der Waals surface area contributed by atoms with Gasteiger partial charge in [0.1, 0.15) is 11.6 Å². The molecule has 2 aliphatic rings. The lowest BCUT2D eigenvalue weighted by Crippen LogP contribution is -2.37. The van der Waals surface area contributed by atoms with Gasteiger partial charge in [-0.25, -0.2) is 9.97 Å². The molecule has 0 saturated carbocycles. The predicted molar refractivity (Wildman–Crippen MR) is 106 cm³/mol. The summed E-state index contributed by atoms with van der Waals surface area (Å²) in [4.78, 5) is 14.4. The van der Waals surface area contributed by atoms with E-state index in [1.807, 2.05) is 12.1 Å². The van der Waals surface area contributed by atoms with E-state index in [4.69, 9.17) is 19.4 Å². The second kappa shape index (κ2) is 9.41. The fraction of sp³-hybridized carbons (Fsp3) is 0.600. The minimum atomic E-state index is 0.774. The molecule has 0 bridgehead atoms. The molecule has 0 aliphatic carbocycles. The lowest BCUT2D eigenvalue weighted by atomic mass is 10.2. The highest BCUT2D eigenvalue weighted by Gasteiger charge is 2.14. The third-order valence-electron chi connectivity index (χ3n) is 5.17. The summed E-state index contributed by atoms with van der Waals surface area (Å²) in [5.74, 6) is 1.83. The highest BCUT2D eigenvalue weighted by molar-refractivity contribution is 5.88. The summed E-state index contributed by atoms with van der Waals surface area (Å²) in [7, 11) is 0. The van der Waals surface area contributed by atoms with E-state index in [1.54, 1.807) is 0 Å². The van der Waals surface area contributed by atoms with E-state index < -0.39 is 0 Å². The van der Waals surface area contributed by atoms with Gasteiger partial charge in [-0.3, -0.25) is 9.80 Å². The van der Waals surface area contributed by atoms with Crippen LogP contribution in [-0.4, -0.2) is 85.5 Å². The van der Waals surface area contributed by atoms with Gasteiger partial charge in [0, 0.05) is 38.1 Å². The van der Waals surface area contributed by atoms with Crippen molar-refractivity contribution in [1.29, 1.82) is 0 Å². The SMILES string of the molecule is c1ccc2c(NCCCN3CCOCC3)nc(CN3CCOCC3)nc2c1. The highest BCUT2D eigenvalue weighted by Crippen LogP contribution is 2.21. The molecule has 4 rings (SSSR count). The van der Waals surface area contributed by atoms with Gasteiger partial charge in [-0.2, -0.15) is 0 Å². The third-order valence-corrected chi connectivity index (χ3v) is 5.17. The Morgan fingerprint density at radius 1 is 0.889 bits per heavy atom. The second-order valence-electron chi connectivity index (χ2n) is 7.13. The van der Waals surface area contributed by atoms with Gasteiger partial charge >= 0.3 is 0 Å². The molecule has 0 unspecified atom stereocenters. The summed E-state index contributed by atoms with van der Waals surface area (Å²) in [6.07, 6.45) is 1.09. The van der Waals surface area contributed by atoms with Crippen molar-refractivity contribution in [3.8, 4) is 0 Å². The Balaban J connectivity index is 1.40. The first-order valence-electron chi connectivity index (χ1n) is 9.98. The Kier molecular flexibility index (Phi) is 6.47. The Bertz CT molecular complexity index is 729. The van der Waals surface area contributed by atoms with Gasteiger partial charge in [0.05, 0.1) is 38.5 Å². The summed E-state index contributed by atoms with van der Waals surface area (Å²) in [5.41, 5.74) is 1.01. The summed E-state index contributed by atoms with van der Waals surface area (Å²) >= 11 is 0. The number of nitrogens with one attached hydrogen (secondary N) is 1. The zero-order valence-electron chi connectivity index (χ0n) is 15.9. The standard InChI is InChI=1S/C20H29N5O2/c1-2-5-18-17(4-1)20(21-6-3-7-24-8-12-26-13-9-24)23-19(22-18)16-25-10-14-27-15-11-25/h1-2,4-5H,3,6-16H2,(H,21,22,23). The Morgan fingerprint density at radius 3 is 2.37 bits per heavy atom. The van der Waals surface area contributed by atoms with E-state index in [0.29, 0.717) is 0 Å². The molecular weight excluding hydrogens is 342 g/mol. The molecule has 27 heavy (non-hydrogen) atoms. The number of hydrogen-bond donors (Lipinski definition) is 1. The average molecular weight is 371 g/mol. The molecule has 7 heteroatoms. The quantitative estimate of drug-likeness (QED) is 0.742. The molecule has 7 nitrogen and oxygen atoms in total. The topological polar surface area (TPSA) is 62.8 Å². The smallest absolute Gasteiger partial charge is 0.145 e. The Morgan fingerprint density at radius 2 is 1.59 bits per heavy atom. The number of morpholine rings is 2. The van der Waals surface area contributed by atoms with Gasteiger partial charge in [0.15, 0.2) is 0 Å². The van der Waals surface area contributed by atoms with Crippen LogP contribution in [0, 0.1) is 0 Å². The predicted octanol–water partition coefficient (Wildman–Crippen LogP) is 1.60. The molecule has 0 radical (unpaired) electrons. The molecule has 0 amide bonds. The van der Waals surface area contributed by atoms with E-state index in [2.05, 4.69) is 27.2 Å². The third kappa shape index (κ3) is 5.13. The first kappa shape index (κ1) is 18.6. The Hall–Kier alpha value is -1.80. The van der Waals surface area contributed by atoms with Gasteiger partial charge in [-0.15, -0.1) is 0 Å². The van der Waals surface area contributed by atoms with Crippen molar-refractivity contribution in [2.45, 2.75) is 13.0 Å². The molecule has 0 spiro atoms. The molecule has 2 aliphatic heterocycles. The maximum absolute atomic E-state index is 5.44. The monoisotopic (exact) mass is 371 g/mol. The van der Waals surface area contributed by atoms with Crippen LogP contribution in [0.25, 0.3) is 10.9 Å². The van der Waals surface area contributed by atoms with Crippen LogP contribution in [0.3, 0.4) is 0 Å². The van der Waals surface area contributed by atoms with Crippen LogP contribution in [0.5, 0.6) is 0 Å². The van der Waals surface area contributed by atoms with Crippen LogP contribution in [-0.2, 0) is 16.0 Å². The van der Waals surface area contributed by atoms with Crippen molar-refractivity contribution >= 4 is 16.7 Å². The van der Waals surface area contributed by atoms with E-state index in [-0.39, 0.29) is 0 Å². The van der Waals surface area contributed by atoms with Gasteiger partial charge in [0.25, 0.3) is 0 Å². The normalized spacial score (nSPS) is 19.4. The minimum absolute atomic E-state index is 0.774. The van der Waals surface area contributed by atoms with E-state index in [0.717, 1.165) is 101 Å². The number of rotatable bonds is 7. The number of nitrogens with zero attached hydrogens (tertiary/aromatic N) is 4. The second-order valence-corrected chi connectivity index (χ2v) is 7.13. The van der Waals surface area contributed by atoms with Crippen LogP contribution in [0.4, 0.5) is 5.82 Å². The lowest BCUT2D eigenvalue weighted by molar-refractivity contribution is 0.0331. The minimum Gasteiger partial charge on any atom is -0.379 e. The summed E-state index contributed by atoms with van der Waals surface area (Å²) < 4.78 is 10.9. The molecule has 2 fully saturated rings. The molecule has 2 saturated heterocycles. The van der Waals surface area contributed by atoms with Crippen molar-refractivity contribution < 1.29 is 9.47 Å². The number of aromatic nitrogens is 2. The average Bonchev–Trinajstić information content (AvgIpc) is 2.72. The Labute approximate surface area is 160 Å². The van der Waals surface area contributed by atoms with Crippen LogP contribution < -0.4 is 5.32 Å². The lowest BCUT2D eigenvalue weighted by Gasteiger charge is -2.26. The molecular formula is C20H29N5O2. The van der Waals surface area contributed by atoms with Crippen molar-refractivity contribution in [2.24, 2.45) is 0 Å². The van der Waals surface area contributed by atoms with Crippen molar-refractivity contribution in [3.63, 3.8) is 0 Å². The molecule has 1 aromatic heterocycles. The van der Waals surface area contributed by atoms with Crippen molar-refractivity contribution in [2.75, 3.05) is 71.0 Å². The summed E-state index contributed by atoms with van der Waals surface area (Å²) in [6, 6.07) is 8.25. The van der Waals surface area contributed by atoms with Crippen LogP contribution in [0.1, 0.15) is 12.2 Å². The zero-order valence-corrected chi connectivity index (χ0v) is 15.9. The maximum atomic E-state index is 5.44. The fourth-order valence-corrected chi connectivity index (χ4v) is 3.62. The number of hydrogen-bond acceptors (Lipinski definition) is 7. The number of benzene rings is 1. The van der Waals surface area contributed by atoms with Gasteiger partial charge in [-0.1, -0.05) is 12.1 Å².